The Kier molecular flexibility index (Phi) is 29.4. The van der Waals surface area contributed by atoms with Crippen LogP contribution in [0.3, 0.4) is 0 Å². The van der Waals surface area contributed by atoms with Crippen LogP contribution in [-0.4, -0.2) is 87.5 Å². The molecule has 6 N–H and O–H groups in total. The second-order valence-electron chi connectivity index (χ2n) is 13.7. The van der Waals surface area contributed by atoms with E-state index in [1.165, 1.54) is 64.2 Å². The van der Waals surface area contributed by atoms with E-state index in [0.717, 1.165) is 64.2 Å². The van der Waals surface area contributed by atoms with Crippen LogP contribution in [0.15, 0.2) is 48.6 Å². The molecule has 0 spiro atoms. The van der Waals surface area contributed by atoms with Crippen molar-refractivity contribution in [3.63, 3.8) is 0 Å². The van der Waals surface area contributed by atoms with E-state index in [4.69, 9.17) is 9.47 Å². The maximum absolute atomic E-state index is 12.9. The molecule has 9 nitrogen and oxygen atoms in total. The Balaban J connectivity index is 2.48. The normalized spacial score (nSPS) is 22.7. The Hall–Kier alpha value is -1.85. The van der Waals surface area contributed by atoms with Crippen molar-refractivity contribution in [3.8, 4) is 0 Å². The van der Waals surface area contributed by atoms with Crippen molar-refractivity contribution in [2.75, 3.05) is 13.2 Å². The molecular formula is C41H73NO8. The molecular weight excluding hydrogens is 634 g/mol. The van der Waals surface area contributed by atoms with Crippen LogP contribution in [0.2, 0.25) is 0 Å². The van der Waals surface area contributed by atoms with Crippen molar-refractivity contribution >= 4 is 5.91 Å². The van der Waals surface area contributed by atoms with Crippen LogP contribution in [0.1, 0.15) is 149 Å². The highest BCUT2D eigenvalue weighted by molar-refractivity contribution is 5.76. The summed E-state index contributed by atoms with van der Waals surface area (Å²) < 4.78 is 11.1. The molecule has 1 rings (SSSR count). The molecule has 1 heterocycles. The molecule has 0 aromatic rings. The number of nitrogens with one attached hydrogen (secondary N) is 1. The lowest BCUT2D eigenvalue weighted by Crippen LogP contribution is -2.60. The fourth-order valence-electron chi connectivity index (χ4n) is 5.87. The average Bonchev–Trinajstić information content (AvgIpc) is 3.11. The van der Waals surface area contributed by atoms with Gasteiger partial charge in [-0.15, -0.1) is 0 Å². The average molecular weight is 708 g/mol. The van der Waals surface area contributed by atoms with E-state index in [-0.39, 0.29) is 12.5 Å². The summed E-state index contributed by atoms with van der Waals surface area (Å²) in [7, 11) is 0. The number of ether oxygens (including phenoxy) is 2. The third kappa shape index (κ3) is 22.9. The number of hydrogen-bond acceptors (Lipinski definition) is 8. The van der Waals surface area contributed by atoms with E-state index in [2.05, 4.69) is 55.6 Å². The molecule has 0 aromatic carbocycles. The summed E-state index contributed by atoms with van der Waals surface area (Å²) in [6.45, 7) is 3.67. The van der Waals surface area contributed by atoms with Gasteiger partial charge in [-0.25, -0.2) is 0 Å². The molecule has 1 saturated heterocycles. The maximum Gasteiger partial charge on any atom is 0.220 e. The molecule has 0 aliphatic carbocycles. The predicted molar refractivity (Wildman–Crippen MR) is 203 cm³/mol. The molecule has 7 atom stereocenters. The summed E-state index contributed by atoms with van der Waals surface area (Å²) in [4.78, 5) is 12.9. The molecule has 0 radical (unpaired) electrons. The first-order chi connectivity index (χ1) is 24.3. The second-order valence-corrected chi connectivity index (χ2v) is 13.7. The summed E-state index contributed by atoms with van der Waals surface area (Å²) in [6.07, 6.45) is 31.5. The molecule has 9 heteroatoms. The summed E-state index contributed by atoms with van der Waals surface area (Å²) in [5.41, 5.74) is 0. The zero-order valence-electron chi connectivity index (χ0n) is 31.4. The zero-order chi connectivity index (χ0) is 36.7. The number of allylic oxidation sites excluding steroid dienone is 7. The third-order valence-corrected chi connectivity index (χ3v) is 9.15. The largest absolute Gasteiger partial charge is 0.394 e. The lowest BCUT2D eigenvalue weighted by atomic mass is 9.99. The number of carbonyl (C=O) groups is 1. The number of rotatable bonds is 31. The summed E-state index contributed by atoms with van der Waals surface area (Å²) >= 11 is 0. The molecule has 1 fully saturated rings. The van der Waals surface area contributed by atoms with Gasteiger partial charge in [-0.2, -0.15) is 0 Å². The van der Waals surface area contributed by atoms with Crippen molar-refractivity contribution in [3.05, 3.63) is 48.6 Å². The highest BCUT2D eigenvalue weighted by atomic mass is 16.7. The van der Waals surface area contributed by atoms with E-state index < -0.39 is 49.5 Å². The molecule has 1 aliphatic rings. The van der Waals surface area contributed by atoms with E-state index in [0.29, 0.717) is 6.42 Å². The van der Waals surface area contributed by atoms with E-state index in [9.17, 15) is 30.3 Å². The van der Waals surface area contributed by atoms with Crippen molar-refractivity contribution in [1.29, 1.82) is 0 Å². The number of amides is 1. The molecule has 0 aromatic heterocycles. The van der Waals surface area contributed by atoms with Gasteiger partial charge in [-0.1, -0.05) is 133 Å². The summed E-state index contributed by atoms with van der Waals surface area (Å²) in [5.74, 6) is -0.203. The van der Waals surface area contributed by atoms with Gasteiger partial charge in [0.2, 0.25) is 5.91 Å². The number of aliphatic hydroxyl groups is 5. The standard InChI is InChI=1S/C41H73NO8/c1-3-5-7-9-11-13-15-17-18-19-21-23-25-27-29-31-37(45)42-34(33-49-41-40(48)39(47)38(46)36(32-43)50-41)35(44)30-28-26-24-22-20-16-14-12-10-8-6-4-2/h11,13,15,17,20,22,28,30,34-36,38-41,43-44,46-48H,3-10,12,14,16,18-19,21,23-27,29,31-33H2,1-2H3,(H,42,45)/b13-11-,17-15-,22-20+,30-28+. The van der Waals surface area contributed by atoms with Crippen LogP contribution < -0.4 is 5.32 Å². The molecule has 50 heavy (non-hydrogen) atoms. The van der Waals surface area contributed by atoms with Crippen molar-refractivity contribution in [2.24, 2.45) is 0 Å². The monoisotopic (exact) mass is 708 g/mol. The molecule has 1 aliphatic heterocycles. The first-order valence-corrected chi connectivity index (χ1v) is 19.9. The fraction of sp³-hybridized carbons (Fsp3) is 0.780. The predicted octanol–water partition coefficient (Wildman–Crippen LogP) is 7.11. The Bertz CT molecular complexity index is 920. The Labute approximate surface area is 303 Å². The first-order valence-electron chi connectivity index (χ1n) is 19.9. The third-order valence-electron chi connectivity index (χ3n) is 9.15. The Morgan fingerprint density at radius 3 is 1.84 bits per heavy atom. The minimum absolute atomic E-state index is 0.203. The number of unbranched alkanes of at least 4 members (excludes halogenated alkanes) is 16. The zero-order valence-corrected chi connectivity index (χ0v) is 31.4. The van der Waals surface area contributed by atoms with Gasteiger partial charge in [0.05, 0.1) is 25.4 Å². The van der Waals surface area contributed by atoms with Gasteiger partial charge in [0.15, 0.2) is 6.29 Å². The molecule has 1 amide bonds. The van der Waals surface area contributed by atoms with E-state index >= 15 is 0 Å². The van der Waals surface area contributed by atoms with Gasteiger partial charge in [-0.05, 0) is 57.8 Å². The minimum Gasteiger partial charge on any atom is -0.394 e. The van der Waals surface area contributed by atoms with Crippen molar-refractivity contribution in [2.45, 2.75) is 192 Å². The van der Waals surface area contributed by atoms with Gasteiger partial charge < -0.3 is 40.3 Å². The summed E-state index contributed by atoms with van der Waals surface area (Å²) in [6, 6.07) is -0.825. The Morgan fingerprint density at radius 1 is 0.680 bits per heavy atom. The molecule has 290 valence electrons. The van der Waals surface area contributed by atoms with Crippen LogP contribution in [0.4, 0.5) is 0 Å². The van der Waals surface area contributed by atoms with Crippen LogP contribution in [-0.2, 0) is 14.3 Å². The van der Waals surface area contributed by atoms with Gasteiger partial charge in [-0.3, -0.25) is 4.79 Å². The number of carbonyl (C=O) groups excluding carboxylic acids is 1. The Morgan fingerprint density at radius 2 is 1.20 bits per heavy atom. The van der Waals surface area contributed by atoms with Gasteiger partial charge in [0, 0.05) is 6.42 Å². The van der Waals surface area contributed by atoms with Gasteiger partial charge in [0.1, 0.15) is 24.4 Å². The summed E-state index contributed by atoms with van der Waals surface area (Å²) in [5, 5.41) is 53.9. The smallest absolute Gasteiger partial charge is 0.220 e. The SMILES string of the molecule is CCCCC/C=C\C=C/CCCCCCCCC(=O)NC(COC1OC(CO)C(O)C(O)C1O)C(O)/C=C/CC/C=C/CCCCCCCC. The van der Waals surface area contributed by atoms with Crippen LogP contribution in [0.5, 0.6) is 0 Å². The second kappa shape index (κ2) is 31.9. The van der Waals surface area contributed by atoms with Crippen LogP contribution >= 0.6 is 0 Å². The van der Waals surface area contributed by atoms with Crippen LogP contribution in [0.25, 0.3) is 0 Å². The topological polar surface area (TPSA) is 149 Å². The van der Waals surface area contributed by atoms with E-state index in [1.807, 2.05) is 6.08 Å². The van der Waals surface area contributed by atoms with Crippen molar-refractivity contribution < 1.29 is 39.8 Å². The lowest BCUT2D eigenvalue weighted by Gasteiger charge is -2.40. The molecule has 0 saturated carbocycles. The number of hydrogen-bond donors (Lipinski definition) is 6. The highest BCUT2D eigenvalue weighted by Crippen LogP contribution is 2.22. The van der Waals surface area contributed by atoms with E-state index in [1.54, 1.807) is 6.08 Å². The maximum atomic E-state index is 12.9. The van der Waals surface area contributed by atoms with Crippen molar-refractivity contribution in [1.82, 2.24) is 5.32 Å². The van der Waals surface area contributed by atoms with Gasteiger partial charge in [0.25, 0.3) is 0 Å². The molecule has 0 bridgehead atoms. The quantitative estimate of drug-likeness (QED) is 0.0254. The first kappa shape index (κ1) is 46.2. The molecule has 7 unspecified atom stereocenters. The highest BCUT2D eigenvalue weighted by Gasteiger charge is 2.44. The number of aliphatic hydroxyl groups excluding tert-OH is 5. The van der Waals surface area contributed by atoms with Gasteiger partial charge >= 0.3 is 0 Å². The van der Waals surface area contributed by atoms with Crippen LogP contribution in [0, 0.1) is 0 Å². The minimum atomic E-state index is -1.57. The lowest BCUT2D eigenvalue weighted by molar-refractivity contribution is -0.302. The fourth-order valence-corrected chi connectivity index (χ4v) is 5.87.